The molecule has 4 aromatic rings. The smallest absolute Gasteiger partial charge is 0.413 e. The molecule has 1 aromatic carbocycles. The lowest BCUT2D eigenvalue weighted by Gasteiger charge is -2.07. The van der Waals surface area contributed by atoms with Gasteiger partial charge in [-0.25, -0.2) is 4.79 Å². The quantitative estimate of drug-likeness (QED) is 0.388. The molecule has 0 bridgehead atoms. The van der Waals surface area contributed by atoms with E-state index in [1.54, 1.807) is 20.0 Å². The van der Waals surface area contributed by atoms with E-state index >= 15 is 0 Å². The summed E-state index contributed by atoms with van der Waals surface area (Å²) in [5.41, 5.74) is 0.636. The number of aromatic nitrogens is 6. The van der Waals surface area contributed by atoms with Crippen molar-refractivity contribution in [3.63, 3.8) is 0 Å². The summed E-state index contributed by atoms with van der Waals surface area (Å²) in [6, 6.07) is 7.35. The molecule has 0 unspecified atom stereocenters. The van der Waals surface area contributed by atoms with Crippen molar-refractivity contribution in [2.24, 2.45) is 7.05 Å². The number of benzene rings is 1. The SMILES string of the molecule is CCOC(=O)Nc1nnc(SCc2nnc3n(C)c(=O)c4ccccc4n23)s1. The number of nitrogens with one attached hydrogen (secondary N) is 1. The maximum atomic E-state index is 12.5. The second-order valence-electron chi connectivity index (χ2n) is 5.64. The van der Waals surface area contributed by atoms with Gasteiger partial charge in [-0.2, -0.15) is 0 Å². The molecule has 28 heavy (non-hydrogen) atoms. The summed E-state index contributed by atoms with van der Waals surface area (Å²) in [7, 11) is 1.67. The van der Waals surface area contributed by atoms with Gasteiger partial charge in [0.15, 0.2) is 4.34 Å². The van der Waals surface area contributed by atoms with Crippen LogP contribution < -0.4 is 10.9 Å². The van der Waals surface area contributed by atoms with Gasteiger partial charge in [-0.3, -0.25) is 19.1 Å². The van der Waals surface area contributed by atoms with Crippen molar-refractivity contribution in [2.45, 2.75) is 17.0 Å². The molecule has 12 heteroatoms. The number of aryl methyl sites for hydroxylation is 1. The average Bonchev–Trinajstić information content (AvgIpc) is 3.31. The van der Waals surface area contributed by atoms with Crippen LogP contribution in [0.4, 0.5) is 9.93 Å². The van der Waals surface area contributed by atoms with Crippen LogP contribution in [0.1, 0.15) is 12.7 Å². The van der Waals surface area contributed by atoms with Crippen LogP contribution in [0.25, 0.3) is 16.7 Å². The molecule has 0 radical (unpaired) electrons. The lowest BCUT2D eigenvalue weighted by atomic mass is 10.2. The Labute approximate surface area is 166 Å². The van der Waals surface area contributed by atoms with E-state index in [0.29, 0.717) is 32.2 Å². The predicted molar refractivity (Wildman–Crippen MR) is 106 cm³/mol. The first kappa shape index (κ1) is 18.4. The van der Waals surface area contributed by atoms with E-state index in [1.807, 2.05) is 22.6 Å². The number of para-hydroxylation sites is 1. The van der Waals surface area contributed by atoms with Gasteiger partial charge >= 0.3 is 6.09 Å². The highest BCUT2D eigenvalue weighted by molar-refractivity contribution is 8.00. The molecule has 1 amide bonds. The van der Waals surface area contributed by atoms with E-state index in [9.17, 15) is 9.59 Å². The normalized spacial score (nSPS) is 11.2. The zero-order valence-corrected chi connectivity index (χ0v) is 16.6. The Bertz CT molecular complexity index is 1230. The van der Waals surface area contributed by atoms with Gasteiger partial charge in [-0.1, -0.05) is 35.2 Å². The summed E-state index contributed by atoms with van der Waals surface area (Å²) in [5, 5.41) is 19.9. The standard InChI is InChI=1S/C16H15N7O3S2/c1-3-26-15(25)17-13-19-21-16(28-13)27-8-11-18-20-14-22(2)12(24)9-6-4-5-7-10(9)23(11)14/h4-7H,3,8H2,1-2H3,(H,17,19,25). The Morgan fingerprint density at radius 3 is 2.89 bits per heavy atom. The van der Waals surface area contributed by atoms with Crippen molar-refractivity contribution in [3.05, 3.63) is 40.4 Å². The minimum Gasteiger partial charge on any atom is -0.450 e. The molecule has 0 aliphatic heterocycles. The van der Waals surface area contributed by atoms with E-state index in [4.69, 9.17) is 4.74 Å². The summed E-state index contributed by atoms with van der Waals surface area (Å²) in [6.07, 6.45) is -0.564. The fourth-order valence-electron chi connectivity index (χ4n) is 2.68. The Hall–Kier alpha value is -2.99. The molecule has 3 heterocycles. The Kier molecular flexibility index (Phi) is 4.96. The van der Waals surface area contributed by atoms with Crippen LogP contribution in [0.2, 0.25) is 0 Å². The van der Waals surface area contributed by atoms with Gasteiger partial charge in [0.05, 0.1) is 23.3 Å². The molecule has 0 aliphatic carbocycles. The summed E-state index contributed by atoms with van der Waals surface area (Å²) in [4.78, 5) is 23.9. The van der Waals surface area contributed by atoms with Crippen LogP contribution in [0, 0.1) is 0 Å². The zero-order chi connectivity index (χ0) is 19.7. The van der Waals surface area contributed by atoms with E-state index in [1.165, 1.54) is 27.7 Å². The van der Waals surface area contributed by atoms with Gasteiger partial charge in [-0.15, -0.1) is 20.4 Å². The number of ether oxygens (including phenoxy) is 1. The Morgan fingerprint density at radius 1 is 1.25 bits per heavy atom. The number of amides is 1. The minimum atomic E-state index is -0.564. The Balaban J connectivity index is 1.61. The van der Waals surface area contributed by atoms with Gasteiger partial charge in [0.25, 0.3) is 5.56 Å². The highest BCUT2D eigenvalue weighted by Crippen LogP contribution is 2.28. The molecular weight excluding hydrogens is 402 g/mol. The zero-order valence-electron chi connectivity index (χ0n) is 14.9. The highest BCUT2D eigenvalue weighted by atomic mass is 32.2. The first-order chi connectivity index (χ1) is 13.6. The van der Waals surface area contributed by atoms with E-state index in [-0.39, 0.29) is 12.2 Å². The van der Waals surface area contributed by atoms with Crippen molar-refractivity contribution in [3.8, 4) is 0 Å². The number of rotatable bonds is 5. The van der Waals surface area contributed by atoms with Crippen molar-refractivity contribution >= 4 is 51.0 Å². The van der Waals surface area contributed by atoms with Gasteiger partial charge in [0, 0.05) is 7.05 Å². The molecule has 4 rings (SSSR count). The molecular formula is C16H15N7O3S2. The fourth-order valence-corrected chi connectivity index (χ4v) is 4.34. The third-order valence-electron chi connectivity index (χ3n) is 3.91. The second kappa shape index (κ2) is 7.56. The van der Waals surface area contributed by atoms with Crippen LogP contribution in [-0.4, -0.2) is 42.1 Å². The summed E-state index contributed by atoms with van der Waals surface area (Å²) in [5.74, 6) is 1.63. The number of carbonyl (C=O) groups is 1. The van der Waals surface area contributed by atoms with E-state index in [2.05, 4.69) is 25.7 Å². The van der Waals surface area contributed by atoms with Gasteiger partial charge < -0.3 is 4.74 Å². The number of anilines is 1. The molecule has 144 valence electrons. The monoisotopic (exact) mass is 417 g/mol. The topological polar surface area (TPSA) is 116 Å². The van der Waals surface area contributed by atoms with Crippen LogP contribution in [0.3, 0.4) is 0 Å². The number of hydrogen-bond acceptors (Lipinski definition) is 9. The molecule has 0 fully saturated rings. The third-order valence-corrected chi connectivity index (χ3v) is 5.88. The summed E-state index contributed by atoms with van der Waals surface area (Å²) < 4.78 is 8.83. The molecule has 3 aromatic heterocycles. The first-order valence-electron chi connectivity index (χ1n) is 8.30. The fraction of sp³-hybridized carbons (Fsp3) is 0.250. The number of carbonyl (C=O) groups excluding carboxylic acids is 1. The molecule has 0 aliphatic rings. The van der Waals surface area contributed by atoms with Crippen LogP contribution in [0.5, 0.6) is 0 Å². The van der Waals surface area contributed by atoms with Gasteiger partial charge in [0.1, 0.15) is 5.82 Å². The number of nitrogens with zero attached hydrogens (tertiary/aromatic N) is 6. The van der Waals surface area contributed by atoms with Crippen molar-refractivity contribution < 1.29 is 9.53 Å². The second-order valence-corrected chi connectivity index (χ2v) is 7.84. The number of fused-ring (bicyclic) bond motifs is 3. The predicted octanol–water partition coefficient (Wildman–Crippen LogP) is 2.29. The van der Waals surface area contributed by atoms with Gasteiger partial charge in [-0.05, 0) is 19.1 Å². The van der Waals surface area contributed by atoms with Crippen molar-refractivity contribution in [1.82, 2.24) is 29.4 Å². The average molecular weight is 417 g/mol. The number of hydrogen-bond donors (Lipinski definition) is 1. The van der Waals surface area contributed by atoms with Crippen molar-refractivity contribution in [2.75, 3.05) is 11.9 Å². The number of thioether (sulfide) groups is 1. The van der Waals surface area contributed by atoms with E-state index < -0.39 is 6.09 Å². The van der Waals surface area contributed by atoms with E-state index in [0.717, 1.165) is 5.52 Å². The lowest BCUT2D eigenvalue weighted by molar-refractivity contribution is 0.168. The van der Waals surface area contributed by atoms with Crippen LogP contribution >= 0.6 is 23.1 Å². The first-order valence-corrected chi connectivity index (χ1v) is 10.1. The van der Waals surface area contributed by atoms with Gasteiger partial charge in [0.2, 0.25) is 10.9 Å². The highest BCUT2D eigenvalue weighted by Gasteiger charge is 2.16. The Morgan fingerprint density at radius 2 is 2.07 bits per heavy atom. The molecule has 0 atom stereocenters. The molecule has 0 spiro atoms. The summed E-state index contributed by atoms with van der Waals surface area (Å²) in [6.45, 7) is 2.01. The maximum Gasteiger partial charge on any atom is 0.413 e. The molecule has 0 saturated heterocycles. The third kappa shape index (κ3) is 3.31. The molecule has 0 saturated carbocycles. The maximum absolute atomic E-state index is 12.5. The summed E-state index contributed by atoms with van der Waals surface area (Å²) >= 11 is 2.65. The largest absolute Gasteiger partial charge is 0.450 e. The van der Waals surface area contributed by atoms with Crippen LogP contribution in [0.15, 0.2) is 33.4 Å². The van der Waals surface area contributed by atoms with Crippen LogP contribution in [-0.2, 0) is 17.5 Å². The van der Waals surface area contributed by atoms with Crippen molar-refractivity contribution in [1.29, 1.82) is 0 Å². The lowest BCUT2D eigenvalue weighted by Crippen LogP contribution is -2.20. The molecule has 1 N–H and O–H groups in total. The molecule has 10 nitrogen and oxygen atoms in total. The minimum absolute atomic E-state index is 0.117.